The van der Waals surface area contributed by atoms with E-state index in [4.69, 9.17) is 0 Å². The standard InChI is InChI=1S/C12H15BrN2OS/c1-2-3-9(6-13)7-15-8-14-11-10(12(15)16)4-5-17-11/h4-5,8-9H,2-3,6-7H2,1H3. The zero-order valence-electron chi connectivity index (χ0n) is 9.73. The van der Waals surface area contributed by atoms with Crippen molar-refractivity contribution in [3.05, 3.63) is 28.1 Å². The third kappa shape index (κ3) is 2.77. The monoisotopic (exact) mass is 314 g/mol. The molecule has 0 aliphatic heterocycles. The van der Waals surface area contributed by atoms with Crippen molar-refractivity contribution in [2.24, 2.45) is 5.92 Å². The minimum atomic E-state index is 0.0818. The predicted octanol–water partition coefficient (Wildman–Crippen LogP) is 3.27. The van der Waals surface area contributed by atoms with Gasteiger partial charge in [-0.05, 0) is 23.8 Å². The maximum atomic E-state index is 12.2. The van der Waals surface area contributed by atoms with Gasteiger partial charge in [0.2, 0.25) is 0 Å². The van der Waals surface area contributed by atoms with Crippen molar-refractivity contribution >= 4 is 37.5 Å². The Bertz CT molecular complexity index is 549. The van der Waals surface area contributed by atoms with Crippen molar-refractivity contribution < 1.29 is 0 Å². The van der Waals surface area contributed by atoms with Gasteiger partial charge < -0.3 is 0 Å². The quantitative estimate of drug-likeness (QED) is 0.794. The van der Waals surface area contributed by atoms with E-state index in [1.807, 2.05) is 11.4 Å². The number of hydrogen-bond donors (Lipinski definition) is 0. The molecule has 1 unspecified atom stereocenters. The van der Waals surface area contributed by atoms with Gasteiger partial charge in [0.25, 0.3) is 5.56 Å². The van der Waals surface area contributed by atoms with Gasteiger partial charge in [0.1, 0.15) is 4.83 Å². The second-order valence-electron chi connectivity index (χ2n) is 4.15. The Morgan fingerprint density at radius 3 is 3.12 bits per heavy atom. The van der Waals surface area contributed by atoms with Gasteiger partial charge in [-0.25, -0.2) is 4.98 Å². The largest absolute Gasteiger partial charge is 0.298 e. The Morgan fingerprint density at radius 1 is 1.59 bits per heavy atom. The van der Waals surface area contributed by atoms with Gasteiger partial charge in [-0.2, -0.15) is 0 Å². The van der Waals surface area contributed by atoms with Crippen LogP contribution in [0.1, 0.15) is 19.8 Å². The number of hydrogen-bond acceptors (Lipinski definition) is 3. The molecule has 92 valence electrons. The number of alkyl halides is 1. The Labute approximate surface area is 113 Å². The summed E-state index contributed by atoms with van der Waals surface area (Å²) >= 11 is 5.02. The number of nitrogens with zero attached hydrogens (tertiary/aromatic N) is 2. The second-order valence-corrected chi connectivity index (χ2v) is 5.69. The molecule has 0 aliphatic carbocycles. The molecular weight excluding hydrogens is 300 g/mol. The lowest BCUT2D eigenvalue weighted by atomic mass is 10.1. The van der Waals surface area contributed by atoms with Crippen molar-refractivity contribution in [2.75, 3.05) is 5.33 Å². The van der Waals surface area contributed by atoms with Crippen LogP contribution < -0.4 is 5.56 Å². The molecule has 2 aromatic rings. The molecule has 0 bridgehead atoms. The van der Waals surface area contributed by atoms with E-state index in [2.05, 4.69) is 27.8 Å². The third-order valence-corrected chi connectivity index (χ3v) is 4.56. The average Bonchev–Trinajstić information content (AvgIpc) is 2.80. The first-order chi connectivity index (χ1) is 8.26. The molecule has 0 N–H and O–H groups in total. The van der Waals surface area contributed by atoms with Crippen LogP contribution in [0.15, 0.2) is 22.6 Å². The fraction of sp³-hybridized carbons (Fsp3) is 0.500. The molecule has 2 heterocycles. The van der Waals surface area contributed by atoms with Gasteiger partial charge in [-0.3, -0.25) is 9.36 Å². The van der Waals surface area contributed by atoms with Gasteiger partial charge in [0.15, 0.2) is 0 Å². The molecule has 0 radical (unpaired) electrons. The van der Waals surface area contributed by atoms with E-state index in [9.17, 15) is 4.79 Å². The van der Waals surface area contributed by atoms with Crippen LogP contribution in [0.3, 0.4) is 0 Å². The van der Waals surface area contributed by atoms with E-state index in [0.717, 1.165) is 34.9 Å². The molecule has 17 heavy (non-hydrogen) atoms. The van der Waals surface area contributed by atoms with Gasteiger partial charge in [-0.15, -0.1) is 11.3 Å². The summed E-state index contributed by atoms with van der Waals surface area (Å²) in [5.74, 6) is 0.496. The highest BCUT2D eigenvalue weighted by Gasteiger charge is 2.10. The highest BCUT2D eigenvalue weighted by atomic mass is 79.9. The topological polar surface area (TPSA) is 34.9 Å². The smallest absolute Gasteiger partial charge is 0.262 e. The van der Waals surface area contributed by atoms with Crippen LogP contribution in [0.2, 0.25) is 0 Å². The molecule has 2 rings (SSSR count). The summed E-state index contributed by atoms with van der Waals surface area (Å²) in [5.41, 5.74) is 0.0818. The van der Waals surface area contributed by atoms with Crippen molar-refractivity contribution in [1.29, 1.82) is 0 Å². The van der Waals surface area contributed by atoms with E-state index < -0.39 is 0 Å². The fourth-order valence-electron chi connectivity index (χ4n) is 1.93. The second kappa shape index (κ2) is 5.78. The molecule has 0 spiro atoms. The maximum absolute atomic E-state index is 12.2. The summed E-state index contributed by atoms with van der Waals surface area (Å²) in [6, 6.07) is 1.86. The van der Waals surface area contributed by atoms with Crippen LogP contribution >= 0.6 is 27.3 Å². The molecule has 2 aromatic heterocycles. The first kappa shape index (κ1) is 12.8. The van der Waals surface area contributed by atoms with E-state index in [1.165, 1.54) is 11.3 Å². The molecule has 1 atom stereocenters. The molecule has 0 saturated carbocycles. The Balaban J connectivity index is 2.29. The lowest BCUT2D eigenvalue weighted by Gasteiger charge is -2.14. The van der Waals surface area contributed by atoms with Gasteiger partial charge in [0.05, 0.1) is 11.7 Å². The molecule has 0 aliphatic rings. The summed E-state index contributed by atoms with van der Waals surface area (Å²) in [7, 11) is 0. The highest BCUT2D eigenvalue weighted by molar-refractivity contribution is 9.09. The summed E-state index contributed by atoms with van der Waals surface area (Å²) in [6.45, 7) is 2.91. The van der Waals surface area contributed by atoms with E-state index in [1.54, 1.807) is 10.9 Å². The third-order valence-electron chi connectivity index (χ3n) is 2.82. The molecule has 0 aromatic carbocycles. The van der Waals surface area contributed by atoms with Crippen molar-refractivity contribution in [3.63, 3.8) is 0 Å². The normalized spacial score (nSPS) is 13.1. The van der Waals surface area contributed by atoms with E-state index in [0.29, 0.717) is 5.92 Å². The van der Waals surface area contributed by atoms with E-state index in [-0.39, 0.29) is 5.56 Å². The van der Waals surface area contributed by atoms with Gasteiger partial charge in [0, 0.05) is 11.9 Å². The predicted molar refractivity (Wildman–Crippen MR) is 76.1 cm³/mol. The molecule has 0 amide bonds. The van der Waals surface area contributed by atoms with Crippen LogP contribution in [0.5, 0.6) is 0 Å². The zero-order valence-corrected chi connectivity index (χ0v) is 12.1. The fourth-order valence-corrected chi connectivity index (χ4v) is 3.18. The first-order valence-corrected chi connectivity index (χ1v) is 7.75. The Morgan fingerprint density at radius 2 is 2.41 bits per heavy atom. The van der Waals surface area contributed by atoms with Crippen LogP contribution in [-0.2, 0) is 6.54 Å². The lowest BCUT2D eigenvalue weighted by molar-refractivity contribution is 0.446. The van der Waals surface area contributed by atoms with Crippen molar-refractivity contribution in [3.8, 4) is 0 Å². The lowest BCUT2D eigenvalue weighted by Crippen LogP contribution is -2.24. The van der Waals surface area contributed by atoms with Crippen LogP contribution in [-0.4, -0.2) is 14.9 Å². The highest BCUT2D eigenvalue weighted by Crippen LogP contribution is 2.15. The number of rotatable bonds is 5. The minimum Gasteiger partial charge on any atom is -0.298 e. The summed E-state index contributed by atoms with van der Waals surface area (Å²) in [4.78, 5) is 17.3. The molecular formula is C12H15BrN2OS. The van der Waals surface area contributed by atoms with Gasteiger partial charge in [-0.1, -0.05) is 29.3 Å². The molecule has 0 saturated heterocycles. The van der Waals surface area contributed by atoms with Crippen LogP contribution in [0.25, 0.3) is 10.2 Å². The van der Waals surface area contributed by atoms with Crippen LogP contribution in [0.4, 0.5) is 0 Å². The number of thiophene rings is 1. The molecule has 0 fully saturated rings. The average molecular weight is 315 g/mol. The zero-order chi connectivity index (χ0) is 12.3. The summed E-state index contributed by atoms with van der Waals surface area (Å²) in [5, 5.41) is 3.58. The first-order valence-electron chi connectivity index (χ1n) is 5.74. The summed E-state index contributed by atoms with van der Waals surface area (Å²) in [6.07, 6.45) is 3.94. The maximum Gasteiger partial charge on any atom is 0.262 e. The molecule has 3 nitrogen and oxygen atoms in total. The Kier molecular flexibility index (Phi) is 4.34. The van der Waals surface area contributed by atoms with Crippen molar-refractivity contribution in [1.82, 2.24) is 9.55 Å². The Hall–Kier alpha value is -0.680. The minimum absolute atomic E-state index is 0.0818. The van der Waals surface area contributed by atoms with E-state index >= 15 is 0 Å². The number of halogens is 1. The van der Waals surface area contributed by atoms with Gasteiger partial charge >= 0.3 is 0 Å². The number of aromatic nitrogens is 2. The number of fused-ring (bicyclic) bond motifs is 1. The van der Waals surface area contributed by atoms with Crippen LogP contribution in [0, 0.1) is 5.92 Å². The van der Waals surface area contributed by atoms with Crippen molar-refractivity contribution in [2.45, 2.75) is 26.3 Å². The molecule has 5 heteroatoms. The SMILES string of the molecule is CCCC(CBr)Cn1cnc2sccc2c1=O. The summed E-state index contributed by atoms with van der Waals surface area (Å²) < 4.78 is 1.73.